The number of nitrogens with zero attached hydrogens (tertiary/aromatic N) is 2. The third-order valence-electron chi connectivity index (χ3n) is 4.67. The van der Waals surface area contributed by atoms with Gasteiger partial charge in [-0.2, -0.15) is 0 Å². The summed E-state index contributed by atoms with van der Waals surface area (Å²) in [6, 6.07) is 6.01. The molecule has 2 aromatic heterocycles. The molecule has 0 unspecified atom stereocenters. The molecule has 0 radical (unpaired) electrons. The van der Waals surface area contributed by atoms with E-state index in [4.69, 9.17) is 0 Å². The molecule has 0 saturated heterocycles. The van der Waals surface area contributed by atoms with Crippen molar-refractivity contribution in [2.24, 2.45) is 0 Å². The molecular formula is C19H18FN3O2S. The Morgan fingerprint density at radius 2 is 2.08 bits per heavy atom. The zero-order chi connectivity index (χ0) is 18.1. The predicted octanol–water partition coefficient (Wildman–Crippen LogP) is 3.50. The van der Waals surface area contributed by atoms with Crippen LogP contribution < -0.4 is 10.9 Å². The minimum atomic E-state index is -0.481. The largest absolute Gasteiger partial charge is 0.324 e. The van der Waals surface area contributed by atoms with Gasteiger partial charge in [0.05, 0.1) is 17.4 Å². The highest BCUT2D eigenvalue weighted by Gasteiger charge is 2.20. The summed E-state index contributed by atoms with van der Waals surface area (Å²) < 4.78 is 15.1. The normalized spacial score (nSPS) is 13.6. The molecule has 2 heterocycles. The van der Waals surface area contributed by atoms with E-state index < -0.39 is 5.82 Å². The molecule has 0 spiro atoms. The van der Waals surface area contributed by atoms with Crippen molar-refractivity contribution in [3.63, 3.8) is 0 Å². The Morgan fingerprint density at radius 3 is 2.92 bits per heavy atom. The van der Waals surface area contributed by atoms with Crippen molar-refractivity contribution < 1.29 is 9.18 Å². The third-order valence-corrected chi connectivity index (χ3v) is 5.87. The van der Waals surface area contributed by atoms with Crippen molar-refractivity contribution in [3.05, 3.63) is 57.2 Å². The van der Waals surface area contributed by atoms with E-state index in [1.165, 1.54) is 27.9 Å². The van der Waals surface area contributed by atoms with Crippen LogP contribution in [-0.4, -0.2) is 15.5 Å². The highest BCUT2D eigenvalue weighted by Crippen LogP contribution is 2.33. The van der Waals surface area contributed by atoms with Crippen molar-refractivity contribution in [3.8, 4) is 0 Å². The van der Waals surface area contributed by atoms with E-state index in [0.29, 0.717) is 5.39 Å². The van der Waals surface area contributed by atoms with Gasteiger partial charge in [0.25, 0.3) is 5.56 Å². The second kappa shape index (κ2) is 6.99. The van der Waals surface area contributed by atoms with Crippen LogP contribution in [0.15, 0.2) is 35.4 Å². The van der Waals surface area contributed by atoms with Crippen molar-refractivity contribution in [2.75, 3.05) is 5.32 Å². The van der Waals surface area contributed by atoms with Gasteiger partial charge in [0.15, 0.2) is 0 Å². The monoisotopic (exact) mass is 371 g/mol. The molecule has 134 valence electrons. The Bertz CT molecular complexity index is 1040. The van der Waals surface area contributed by atoms with Gasteiger partial charge in [0, 0.05) is 17.8 Å². The Kier molecular flexibility index (Phi) is 4.55. The quantitative estimate of drug-likeness (QED) is 0.763. The number of carbonyl (C=O) groups excluding carboxylic acids is 1. The zero-order valence-electron chi connectivity index (χ0n) is 14.1. The van der Waals surface area contributed by atoms with Crippen LogP contribution in [0.25, 0.3) is 10.2 Å². The molecule has 1 aliphatic rings. The molecule has 3 aromatic rings. The van der Waals surface area contributed by atoms with E-state index in [0.717, 1.165) is 36.1 Å². The van der Waals surface area contributed by atoms with Crippen LogP contribution in [0.2, 0.25) is 0 Å². The highest BCUT2D eigenvalue weighted by atomic mass is 32.1. The molecule has 5 nitrogen and oxygen atoms in total. The number of carbonyl (C=O) groups is 1. The van der Waals surface area contributed by atoms with Gasteiger partial charge in [-0.3, -0.25) is 14.2 Å². The standard InChI is InChI=1S/C19H18FN3O2S/c20-13-6-2-3-7-14(13)22-16(24)9-10-23-11-21-18-17(19(23)25)12-5-1-4-8-15(12)26-18/h2-3,6-7,11H,1,4-5,8-10H2,(H,22,24). The van der Waals surface area contributed by atoms with Gasteiger partial charge in [-0.1, -0.05) is 12.1 Å². The first kappa shape index (κ1) is 16.9. The smallest absolute Gasteiger partial charge is 0.262 e. The summed E-state index contributed by atoms with van der Waals surface area (Å²) in [5.74, 6) is -0.819. The SMILES string of the molecule is O=C(CCn1cnc2sc3c(c2c1=O)CCCC3)Nc1ccccc1F. The van der Waals surface area contributed by atoms with Crippen LogP contribution >= 0.6 is 11.3 Å². The van der Waals surface area contributed by atoms with E-state index in [-0.39, 0.29) is 30.1 Å². The molecule has 0 fully saturated rings. The fraction of sp³-hybridized carbons (Fsp3) is 0.316. The number of hydrogen-bond acceptors (Lipinski definition) is 4. The lowest BCUT2D eigenvalue weighted by molar-refractivity contribution is -0.116. The molecule has 1 amide bonds. The summed E-state index contributed by atoms with van der Waals surface area (Å²) in [6.45, 7) is 0.215. The fourth-order valence-corrected chi connectivity index (χ4v) is 4.56. The number of anilines is 1. The van der Waals surface area contributed by atoms with Gasteiger partial charge in [0.1, 0.15) is 10.6 Å². The molecule has 1 aromatic carbocycles. The summed E-state index contributed by atoms with van der Waals surface area (Å²) in [5.41, 5.74) is 1.19. The second-order valence-corrected chi connectivity index (χ2v) is 7.50. The number of thiophene rings is 1. The number of rotatable bonds is 4. The maximum absolute atomic E-state index is 13.6. The van der Waals surface area contributed by atoms with Crippen LogP contribution in [-0.2, 0) is 24.2 Å². The summed E-state index contributed by atoms with van der Waals surface area (Å²) >= 11 is 1.60. The summed E-state index contributed by atoms with van der Waals surface area (Å²) in [4.78, 5) is 31.4. The Morgan fingerprint density at radius 1 is 1.27 bits per heavy atom. The molecule has 0 bridgehead atoms. The van der Waals surface area contributed by atoms with Gasteiger partial charge in [-0.05, 0) is 43.4 Å². The topological polar surface area (TPSA) is 64.0 Å². The Labute approximate surface area is 153 Å². The number of halogens is 1. The Hall–Kier alpha value is -2.54. The van der Waals surface area contributed by atoms with Crippen molar-refractivity contribution in [1.29, 1.82) is 0 Å². The first-order chi connectivity index (χ1) is 12.6. The third kappa shape index (κ3) is 3.14. The van der Waals surface area contributed by atoms with Crippen molar-refractivity contribution in [2.45, 2.75) is 38.6 Å². The van der Waals surface area contributed by atoms with Gasteiger partial charge in [-0.15, -0.1) is 11.3 Å². The van der Waals surface area contributed by atoms with E-state index in [9.17, 15) is 14.0 Å². The van der Waals surface area contributed by atoms with E-state index in [1.807, 2.05) is 0 Å². The molecule has 4 rings (SSSR count). The number of aryl methyl sites for hydroxylation is 3. The fourth-order valence-electron chi connectivity index (χ4n) is 3.34. The summed E-state index contributed by atoms with van der Waals surface area (Å²) in [6.07, 6.45) is 5.77. The number of nitrogens with one attached hydrogen (secondary N) is 1. The maximum Gasteiger partial charge on any atom is 0.262 e. The summed E-state index contributed by atoms with van der Waals surface area (Å²) in [5, 5.41) is 3.24. The predicted molar refractivity (Wildman–Crippen MR) is 100 cm³/mol. The number of benzene rings is 1. The van der Waals surface area contributed by atoms with Gasteiger partial charge in [0.2, 0.25) is 5.91 Å². The first-order valence-electron chi connectivity index (χ1n) is 8.67. The Balaban J connectivity index is 1.52. The lowest BCUT2D eigenvalue weighted by Gasteiger charge is -2.10. The second-order valence-electron chi connectivity index (χ2n) is 6.41. The number of hydrogen-bond donors (Lipinski definition) is 1. The minimum absolute atomic E-state index is 0.0771. The zero-order valence-corrected chi connectivity index (χ0v) is 14.9. The molecule has 1 aliphatic carbocycles. The van der Waals surface area contributed by atoms with Crippen LogP contribution in [0.3, 0.4) is 0 Å². The molecule has 0 saturated carbocycles. The van der Waals surface area contributed by atoms with E-state index in [1.54, 1.807) is 23.5 Å². The van der Waals surface area contributed by atoms with Crippen LogP contribution in [0.5, 0.6) is 0 Å². The molecule has 1 N–H and O–H groups in total. The lowest BCUT2D eigenvalue weighted by Crippen LogP contribution is -2.24. The maximum atomic E-state index is 13.6. The molecule has 26 heavy (non-hydrogen) atoms. The number of fused-ring (bicyclic) bond motifs is 3. The minimum Gasteiger partial charge on any atom is -0.324 e. The van der Waals surface area contributed by atoms with Crippen molar-refractivity contribution in [1.82, 2.24) is 9.55 Å². The average Bonchev–Trinajstić information content (AvgIpc) is 3.02. The molecular weight excluding hydrogens is 353 g/mol. The van der Waals surface area contributed by atoms with Crippen molar-refractivity contribution >= 4 is 33.1 Å². The van der Waals surface area contributed by atoms with Gasteiger partial charge >= 0.3 is 0 Å². The highest BCUT2D eigenvalue weighted by molar-refractivity contribution is 7.18. The number of para-hydroxylation sites is 1. The summed E-state index contributed by atoms with van der Waals surface area (Å²) in [7, 11) is 0. The number of amides is 1. The number of aromatic nitrogens is 2. The molecule has 0 atom stereocenters. The molecule has 0 aliphatic heterocycles. The molecule has 7 heteroatoms. The van der Waals surface area contributed by atoms with Crippen LogP contribution in [0.4, 0.5) is 10.1 Å². The van der Waals surface area contributed by atoms with Crippen LogP contribution in [0, 0.1) is 5.82 Å². The van der Waals surface area contributed by atoms with Crippen LogP contribution in [0.1, 0.15) is 29.7 Å². The van der Waals surface area contributed by atoms with Gasteiger partial charge in [-0.25, -0.2) is 9.37 Å². The lowest BCUT2D eigenvalue weighted by atomic mass is 9.97. The van der Waals surface area contributed by atoms with E-state index >= 15 is 0 Å². The average molecular weight is 371 g/mol. The van der Waals surface area contributed by atoms with E-state index in [2.05, 4.69) is 10.3 Å². The van der Waals surface area contributed by atoms with Gasteiger partial charge < -0.3 is 5.32 Å². The first-order valence-corrected chi connectivity index (χ1v) is 9.49.